The predicted octanol–water partition coefficient (Wildman–Crippen LogP) is 9.09. The molecule has 4 aliphatic carbocycles. The normalized spacial score (nSPS) is 40.3. The van der Waals surface area contributed by atoms with Gasteiger partial charge in [-0.3, -0.25) is 4.79 Å². The van der Waals surface area contributed by atoms with Crippen LogP contribution in [0.4, 0.5) is 0 Å². The Hall–Kier alpha value is 0.378. The van der Waals surface area contributed by atoms with Gasteiger partial charge in [0.1, 0.15) is 5.78 Å². The minimum Gasteiger partial charge on any atom is -0.415 e. The van der Waals surface area contributed by atoms with E-state index in [0.717, 1.165) is 32.1 Å². The lowest BCUT2D eigenvalue weighted by Gasteiger charge is -2.62. The molecule has 0 spiro atoms. The molecule has 0 saturated heterocycles. The minimum absolute atomic E-state index is 0.0979. The summed E-state index contributed by atoms with van der Waals surface area (Å²) in [5, 5.41) is 0. The molecule has 4 saturated carbocycles. The molecule has 0 aliphatic heterocycles. The van der Waals surface area contributed by atoms with Gasteiger partial charge in [0, 0.05) is 23.9 Å². The maximum absolute atomic E-state index is 14.7. The van der Waals surface area contributed by atoms with Crippen molar-refractivity contribution in [2.75, 3.05) is 6.61 Å². The van der Waals surface area contributed by atoms with E-state index in [1.807, 2.05) is 0 Å². The number of carbonyl (C=O) groups excluding carboxylic acids is 1. The van der Waals surface area contributed by atoms with Crippen LogP contribution in [0.2, 0.25) is 78.6 Å². The fourth-order valence-corrected chi connectivity index (χ4v) is 14.5. The van der Waals surface area contributed by atoms with Crippen molar-refractivity contribution in [3.63, 3.8) is 0 Å². The van der Waals surface area contributed by atoms with Gasteiger partial charge in [-0.05, 0) is 147 Å². The molecule has 9 heteroatoms. The molecular formula is C33H66O5Si4. The van der Waals surface area contributed by atoms with Gasteiger partial charge in [0.05, 0.1) is 18.3 Å². The van der Waals surface area contributed by atoms with E-state index in [1.54, 1.807) is 0 Å². The molecule has 0 aromatic carbocycles. The third-order valence-corrected chi connectivity index (χ3v) is 15.2. The molecule has 42 heavy (non-hydrogen) atoms. The van der Waals surface area contributed by atoms with Gasteiger partial charge in [0.25, 0.3) is 0 Å². The Morgan fingerprint density at radius 3 is 1.98 bits per heavy atom. The lowest BCUT2D eigenvalue weighted by Crippen LogP contribution is -2.67. The molecule has 4 aliphatic rings. The second-order valence-electron chi connectivity index (χ2n) is 19.0. The quantitative estimate of drug-likeness (QED) is 0.220. The van der Waals surface area contributed by atoms with Crippen molar-refractivity contribution in [2.24, 2.45) is 34.5 Å². The van der Waals surface area contributed by atoms with Gasteiger partial charge in [-0.1, -0.05) is 13.8 Å². The van der Waals surface area contributed by atoms with Gasteiger partial charge in [-0.25, -0.2) is 0 Å². The Balaban J connectivity index is 1.70. The van der Waals surface area contributed by atoms with Gasteiger partial charge < -0.3 is 17.7 Å². The first-order chi connectivity index (χ1) is 18.9. The SMILES string of the molecule is C[C@]12CC[C@@H](O[Si](C)(C)C)C[C@H]1CC[C@@H]1[C@@H]2C(=O)C[C@@]2(C)[C@H]1CC[C@]2(O[Si](C)(C)C)[C@@H](CO[Si](C)(C)C)O[Si](C)(C)C. The molecule has 0 aromatic rings. The van der Waals surface area contributed by atoms with Crippen LogP contribution in [0.1, 0.15) is 65.2 Å². The maximum atomic E-state index is 14.7. The fraction of sp³-hybridized carbons (Fsp3) is 0.970. The molecule has 244 valence electrons. The van der Waals surface area contributed by atoms with Gasteiger partial charge in [-0.2, -0.15) is 0 Å². The van der Waals surface area contributed by atoms with Crippen molar-refractivity contribution >= 4 is 39.1 Å². The molecular weight excluding hydrogens is 589 g/mol. The van der Waals surface area contributed by atoms with Crippen LogP contribution in [0.5, 0.6) is 0 Å². The summed E-state index contributed by atoms with van der Waals surface area (Å²) in [5.41, 5.74) is -0.621. The zero-order valence-electron chi connectivity index (χ0n) is 29.9. The number of ketones is 1. The van der Waals surface area contributed by atoms with Crippen molar-refractivity contribution in [1.29, 1.82) is 0 Å². The van der Waals surface area contributed by atoms with E-state index >= 15 is 0 Å². The molecule has 0 aromatic heterocycles. The highest BCUT2D eigenvalue weighted by Gasteiger charge is 2.70. The first kappa shape index (κ1) is 35.2. The fourth-order valence-electron chi connectivity index (χ4n) is 9.99. The zero-order valence-corrected chi connectivity index (χ0v) is 33.9. The summed E-state index contributed by atoms with van der Waals surface area (Å²) < 4.78 is 27.9. The van der Waals surface area contributed by atoms with E-state index in [4.69, 9.17) is 17.7 Å². The smallest absolute Gasteiger partial charge is 0.184 e. The highest BCUT2D eigenvalue weighted by molar-refractivity contribution is 6.71. The van der Waals surface area contributed by atoms with Crippen LogP contribution in [-0.2, 0) is 22.5 Å². The summed E-state index contributed by atoms with van der Waals surface area (Å²) in [7, 11) is -7.29. The van der Waals surface area contributed by atoms with Crippen molar-refractivity contribution in [3.8, 4) is 0 Å². The summed E-state index contributed by atoms with van der Waals surface area (Å²) in [4.78, 5) is 14.7. The molecule has 5 nitrogen and oxygen atoms in total. The van der Waals surface area contributed by atoms with Crippen LogP contribution in [0.15, 0.2) is 0 Å². The van der Waals surface area contributed by atoms with Crippen LogP contribution >= 0.6 is 0 Å². The third kappa shape index (κ3) is 7.18. The Morgan fingerprint density at radius 2 is 1.43 bits per heavy atom. The standard InChI is InChI=1S/C33H66O5Si4/c1-31-19-17-25(36-40(6,7)8)21-24(31)15-16-26-27-18-20-33(38-42(12,13)14,32(27,2)22-28(34)30(26)31)29(37-41(9,10)11)23-35-39(3,4)5/h24-27,29-30H,15-23H2,1-14H3/t24-,25-,26+,27+,29-,30-,31+,32+,33+/m1/s1. The van der Waals surface area contributed by atoms with Crippen LogP contribution < -0.4 is 0 Å². The molecule has 0 radical (unpaired) electrons. The van der Waals surface area contributed by atoms with Crippen LogP contribution in [0, 0.1) is 34.5 Å². The first-order valence-corrected chi connectivity index (χ1v) is 30.7. The number of rotatable bonds is 10. The zero-order chi connectivity index (χ0) is 31.7. The van der Waals surface area contributed by atoms with Crippen LogP contribution in [-0.4, -0.2) is 63.5 Å². The number of fused-ring (bicyclic) bond motifs is 5. The largest absolute Gasteiger partial charge is 0.415 e. The highest BCUT2D eigenvalue weighted by atomic mass is 28.4. The highest BCUT2D eigenvalue weighted by Crippen LogP contribution is 2.69. The van der Waals surface area contributed by atoms with E-state index in [2.05, 4.69) is 92.4 Å². The lowest BCUT2D eigenvalue weighted by molar-refractivity contribution is -0.187. The second-order valence-corrected chi connectivity index (χ2v) is 36.9. The average molecular weight is 655 g/mol. The van der Waals surface area contributed by atoms with Gasteiger partial charge in [0.15, 0.2) is 33.3 Å². The Labute approximate surface area is 263 Å². The van der Waals surface area contributed by atoms with Gasteiger partial charge >= 0.3 is 0 Å². The number of carbonyl (C=O) groups is 1. The maximum Gasteiger partial charge on any atom is 0.184 e. The van der Waals surface area contributed by atoms with Gasteiger partial charge in [-0.15, -0.1) is 0 Å². The minimum atomic E-state index is -2.00. The Morgan fingerprint density at radius 1 is 0.786 bits per heavy atom. The predicted molar refractivity (Wildman–Crippen MR) is 185 cm³/mol. The van der Waals surface area contributed by atoms with Crippen molar-refractivity contribution < 1.29 is 22.5 Å². The molecule has 0 heterocycles. The molecule has 4 fully saturated rings. The number of hydrogen-bond acceptors (Lipinski definition) is 5. The van der Waals surface area contributed by atoms with Crippen molar-refractivity contribution in [3.05, 3.63) is 0 Å². The van der Waals surface area contributed by atoms with Crippen LogP contribution in [0.3, 0.4) is 0 Å². The summed E-state index contributed by atoms with van der Waals surface area (Å²) in [5.74, 6) is 2.23. The Kier molecular flexibility index (Phi) is 9.70. The van der Waals surface area contributed by atoms with E-state index < -0.39 is 38.9 Å². The number of hydrogen-bond donors (Lipinski definition) is 0. The summed E-state index contributed by atoms with van der Waals surface area (Å²) in [6.45, 7) is 33.0. The van der Waals surface area contributed by atoms with E-state index in [1.165, 1.54) is 12.8 Å². The van der Waals surface area contributed by atoms with E-state index in [9.17, 15) is 4.79 Å². The second kappa shape index (κ2) is 11.6. The molecule has 0 unspecified atom stereocenters. The molecule has 4 rings (SSSR count). The number of Topliss-reactive ketones (excluding diaryl/α,β-unsaturated/α-hetero) is 1. The summed E-state index contributed by atoms with van der Waals surface area (Å²) in [6, 6.07) is 0. The molecule has 0 bridgehead atoms. The van der Waals surface area contributed by atoms with Gasteiger partial charge in [0.2, 0.25) is 0 Å². The molecule has 9 atom stereocenters. The Bertz CT molecular complexity index is 994. The summed E-state index contributed by atoms with van der Waals surface area (Å²) >= 11 is 0. The van der Waals surface area contributed by atoms with Crippen molar-refractivity contribution in [1.82, 2.24) is 0 Å². The lowest BCUT2D eigenvalue weighted by atomic mass is 9.44. The summed E-state index contributed by atoms with van der Waals surface area (Å²) in [6.07, 6.45) is 8.77. The van der Waals surface area contributed by atoms with Crippen molar-refractivity contribution in [2.45, 2.75) is 162 Å². The average Bonchev–Trinajstić information content (AvgIpc) is 3.05. The molecule has 0 N–H and O–H groups in total. The monoisotopic (exact) mass is 654 g/mol. The van der Waals surface area contributed by atoms with E-state index in [0.29, 0.717) is 42.7 Å². The topological polar surface area (TPSA) is 54.0 Å². The first-order valence-electron chi connectivity index (χ1n) is 17.1. The van der Waals surface area contributed by atoms with Crippen LogP contribution in [0.25, 0.3) is 0 Å². The van der Waals surface area contributed by atoms with E-state index in [-0.39, 0.29) is 22.9 Å². The molecule has 0 amide bonds. The third-order valence-electron chi connectivity index (χ3n) is 11.2.